The van der Waals surface area contributed by atoms with Crippen LogP contribution < -0.4 is 15.4 Å². The Morgan fingerprint density at radius 3 is 1.59 bits per heavy atom. The van der Waals surface area contributed by atoms with Gasteiger partial charge in [-0.05, 0) is 66.2 Å². The van der Waals surface area contributed by atoms with Crippen LogP contribution in [0.5, 0.6) is 5.75 Å². The number of anilines is 2. The maximum absolute atomic E-state index is 12.4. The number of carbonyl (C=O) groups is 2. The van der Waals surface area contributed by atoms with Gasteiger partial charge in [0.15, 0.2) is 0 Å². The Kier molecular flexibility index (Phi) is 6.60. The fourth-order valence-corrected chi connectivity index (χ4v) is 2.70. The Morgan fingerprint density at radius 2 is 1.14 bits per heavy atom. The number of rotatable bonds is 7. The summed E-state index contributed by atoms with van der Waals surface area (Å²) in [6.07, 6.45) is 0. The maximum atomic E-state index is 12.4. The second kappa shape index (κ2) is 9.52. The van der Waals surface area contributed by atoms with Crippen LogP contribution in [0.3, 0.4) is 0 Å². The molecule has 3 aromatic carbocycles. The van der Waals surface area contributed by atoms with E-state index in [1.54, 1.807) is 74.9 Å². The third-order valence-corrected chi connectivity index (χ3v) is 4.28. The molecule has 0 heterocycles. The second-order valence-electron chi connectivity index (χ2n) is 6.34. The van der Waals surface area contributed by atoms with Crippen molar-refractivity contribution < 1.29 is 19.1 Å². The Labute approximate surface area is 169 Å². The Bertz CT molecular complexity index is 965. The first-order chi connectivity index (χ1) is 14.1. The van der Waals surface area contributed by atoms with Gasteiger partial charge in [-0.3, -0.25) is 9.59 Å². The van der Waals surface area contributed by atoms with Crippen LogP contribution >= 0.6 is 0 Å². The molecule has 0 unspecified atom stereocenters. The molecular formula is C23H22N2O4. The zero-order valence-electron chi connectivity index (χ0n) is 16.3. The number of nitrogens with one attached hydrogen (secondary N) is 2. The molecule has 0 radical (unpaired) electrons. The topological polar surface area (TPSA) is 76.7 Å². The van der Waals surface area contributed by atoms with Crippen molar-refractivity contribution in [1.82, 2.24) is 0 Å². The third-order valence-electron chi connectivity index (χ3n) is 4.28. The quantitative estimate of drug-likeness (QED) is 0.629. The van der Waals surface area contributed by atoms with Gasteiger partial charge in [0.1, 0.15) is 5.75 Å². The van der Waals surface area contributed by atoms with Crippen LogP contribution in [0.25, 0.3) is 0 Å². The minimum Gasteiger partial charge on any atom is -0.497 e. The van der Waals surface area contributed by atoms with E-state index in [2.05, 4.69) is 10.6 Å². The molecule has 0 saturated heterocycles. The van der Waals surface area contributed by atoms with Crippen LogP contribution in [-0.4, -0.2) is 26.0 Å². The molecule has 0 fully saturated rings. The molecule has 0 spiro atoms. The van der Waals surface area contributed by atoms with Crippen LogP contribution in [0.1, 0.15) is 26.3 Å². The Morgan fingerprint density at radius 1 is 0.690 bits per heavy atom. The number of methoxy groups -OCH3 is 2. The molecule has 3 rings (SSSR count). The summed E-state index contributed by atoms with van der Waals surface area (Å²) in [5.74, 6) is 0.266. The van der Waals surface area contributed by atoms with E-state index in [4.69, 9.17) is 9.47 Å². The van der Waals surface area contributed by atoms with E-state index >= 15 is 0 Å². The number of benzene rings is 3. The Hall–Kier alpha value is -3.64. The first-order valence-corrected chi connectivity index (χ1v) is 9.04. The van der Waals surface area contributed by atoms with Gasteiger partial charge in [-0.15, -0.1) is 0 Å². The SMILES string of the molecule is COCc1ccc(C(=O)Nc2ccc(C(=O)Nc3ccc(OC)cc3)cc2)cc1. The number of amides is 2. The molecule has 2 N–H and O–H groups in total. The molecule has 148 valence electrons. The van der Waals surface area contributed by atoms with Crippen molar-refractivity contribution in [3.8, 4) is 5.75 Å². The molecule has 0 aliphatic heterocycles. The fraction of sp³-hybridized carbons (Fsp3) is 0.130. The summed E-state index contributed by atoms with van der Waals surface area (Å²) in [5.41, 5.74) is 3.31. The second-order valence-corrected chi connectivity index (χ2v) is 6.34. The van der Waals surface area contributed by atoms with Crippen molar-refractivity contribution >= 4 is 23.2 Å². The van der Waals surface area contributed by atoms with Crippen LogP contribution in [0.2, 0.25) is 0 Å². The number of hydrogen-bond donors (Lipinski definition) is 2. The molecule has 29 heavy (non-hydrogen) atoms. The first-order valence-electron chi connectivity index (χ1n) is 9.04. The van der Waals surface area contributed by atoms with Gasteiger partial charge in [0.2, 0.25) is 0 Å². The zero-order chi connectivity index (χ0) is 20.6. The molecule has 0 atom stereocenters. The highest BCUT2D eigenvalue weighted by Gasteiger charge is 2.09. The van der Waals surface area contributed by atoms with Gasteiger partial charge >= 0.3 is 0 Å². The summed E-state index contributed by atoms with van der Waals surface area (Å²) >= 11 is 0. The van der Waals surface area contributed by atoms with Crippen molar-refractivity contribution in [2.75, 3.05) is 24.9 Å². The molecule has 2 amide bonds. The van der Waals surface area contributed by atoms with E-state index in [1.165, 1.54) is 0 Å². The first kappa shape index (κ1) is 20.1. The average Bonchev–Trinajstić information content (AvgIpc) is 2.75. The average molecular weight is 390 g/mol. The van der Waals surface area contributed by atoms with Gasteiger partial charge in [-0.2, -0.15) is 0 Å². The maximum Gasteiger partial charge on any atom is 0.255 e. The highest BCUT2D eigenvalue weighted by molar-refractivity contribution is 6.06. The molecule has 3 aromatic rings. The zero-order valence-corrected chi connectivity index (χ0v) is 16.3. The molecule has 0 aliphatic carbocycles. The fourth-order valence-electron chi connectivity index (χ4n) is 2.70. The summed E-state index contributed by atoms with van der Waals surface area (Å²) < 4.78 is 10.2. The number of hydrogen-bond acceptors (Lipinski definition) is 4. The highest BCUT2D eigenvalue weighted by atomic mass is 16.5. The largest absolute Gasteiger partial charge is 0.497 e. The van der Waals surface area contributed by atoms with Crippen molar-refractivity contribution in [3.05, 3.63) is 89.5 Å². The van der Waals surface area contributed by atoms with Crippen molar-refractivity contribution in [3.63, 3.8) is 0 Å². The lowest BCUT2D eigenvalue weighted by Crippen LogP contribution is -2.13. The van der Waals surface area contributed by atoms with Crippen LogP contribution in [-0.2, 0) is 11.3 Å². The van der Waals surface area contributed by atoms with Gasteiger partial charge < -0.3 is 20.1 Å². The standard InChI is InChI=1S/C23H22N2O4/c1-28-15-16-3-5-17(6-4-16)22(26)24-19-9-7-18(8-10-19)23(27)25-20-11-13-21(29-2)14-12-20/h3-14H,15H2,1-2H3,(H,24,26)(H,25,27). The van der Waals surface area contributed by atoms with E-state index < -0.39 is 0 Å². The van der Waals surface area contributed by atoms with E-state index in [0.29, 0.717) is 29.1 Å². The molecular weight excluding hydrogens is 368 g/mol. The lowest BCUT2D eigenvalue weighted by molar-refractivity contribution is 0.102. The molecule has 0 aliphatic rings. The van der Waals surface area contributed by atoms with E-state index in [0.717, 1.165) is 11.3 Å². The van der Waals surface area contributed by atoms with Gasteiger partial charge in [-0.25, -0.2) is 0 Å². The van der Waals surface area contributed by atoms with Crippen molar-refractivity contribution in [2.45, 2.75) is 6.61 Å². The summed E-state index contributed by atoms with van der Waals surface area (Å²) in [7, 11) is 3.21. The normalized spacial score (nSPS) is 10.3. The van der Waals surface area contributed by atoms with Gasteiger partial charge in [-0.1, -0.05) is 12.1 Å². The summed E-state index contributed by atoms with van der Waals surface area (Å²) in [6, 6.07) is 21.0. The van der Waals surface area contributed by atoms with Crippen LogP contribution in [0, 0.1) is 0 Å². The predicted octanol–water partition coefficient (Wildman–Crippen LogP) is 4.35. The van der Waals surface area contributed by atoms with Crippen molar-refractivity contribution in [2.24, 2.45) is 0 Å². The molecule has 6 nitrogen and oxygen atoms in total. The molecule has 0 bridgehead atoms. The monoisotopic (exact) mass is 390 g/mol. The molecule has 0 aromatic heterocycles. The molecule has 6 heteroatoms. The highest BCUT2D eigenvalue weighted by Crippen LogP contribution is 2.17. The minimum absolute atomic E-state index is 0.218. The summed E-state index contributed by atoms with van der Waals surface area (Å²) in [4.78, 5) is 24.7. The minimum atomic E-state index is -0.234. The number of carbonyl (C=O) groups excluding carboxylic acids is 2. The van der Waals surface area contributed by atoms with Gasteiger partial charge in [0, 0.05) is 29.6 Å². The van der Waals surface area contributed by atoms with Crippen LogP contribution in [0.4, 0.5) is 11.4 Å². The summed E-state index contributed by atoms with van der Waals surface area (Å²) in [6.45, 7) is 0.502. The summed E-state index contributed by atoms with van der Waals surface area (Å²) in [5, 5.41) is 5.64. The van der Waals surface area contributed by atoms with Gasteiger partial charge in [0.05, 0.1) is 13.7 Å². The Balaban J connectivity index is 1.60. The van der Waals surface area contributed by atoms with Gasteiger partial charge in [0.25, 0.3) is 11.8 Å². The number of ether oxygens (including phenoxy) is 2. The van der Waals surface area contributed by atoms with E-state index in [9.17, 15) is 9.59 Å². The van der Waals surface area contributed by atoms with Crippen LogP contribution in [0.15, 0.2) is 72.8 Å². The third kappa shape index (κ3) is 5.43. The van der Waals surface area contributed by atoms with E-state index in [-0.39, 0.29) is 11.8 Å². The smallest absolute Gasteiger partial charge is 0.255 e. The van der Waals surface area contributed by atoms with Crippen molar-refractivity contribution in [1.29, 1.82) is 0 Å². The van der Waals surface area contributed by atoms with E-state index in [1.807, 2.05) is 12.1 Å². The molecule has 0 saturated carbocycles. The lowest BCUT2D eigenvalue weighted by atomic mass is 10.1. The predicted molar refractivity (Wildman–Crippen MR) is 112 cm³/mol. The lowest BCUT2D eigenvalue weighted by Gasteiger charge is -2.09.